The molecule has 3 aromatic rings. The van der Waals surface area contributed by atoms with E-state index in [4.69, 9.17) is 4.52 Å². The number of carbonyl (C=O) groups is 3. The molecule has 3 amide bonds. The first-order valence-electron chi connectivity index (χ1n) is 9.82. The second-order valence-electron chi connectivity index (χ2n) is 8.21. The average molecular weight is 418 g/mol. The molecule has 2 heterocycles. The smallest absolute Gasteiger partial charge is 0.266 e. The number of benzene rings is 2. The van der Waals surface area contributed by atoms with Crippen molar-refractivity contribution in [2.45, 2.75) is 40.2 Å². The van der Waals surface area contributed by atoms with Crippen molar-refractivity contribution in [2.24, 2.45) is 0 Å². The number of aryl methyl sites for hydroxylation is 3. The zero-order valence-electron chi connectivity index (χ0n) is 17.9. The van der Waals surface area contributed by atoms with Gasteiger partial charge in [0.1, 0.15) is 0 Å². The summed E-state index contributed by atoms with van der Waals surface area (Å²) >= 11 is 0. The van der Waals surface area contributed by atoms with Gasteiger partial charge in [0.05, 0.1) is 22.4 Å². The first-order valence-corrected chi connectivity index (χ1v) is 9.82. The Hall–Kier alpha value is -3.81. The van der Waals surface area contributed by atoms with E-state index in [-0.39, 0.29) is 16.7 Å². The SMILES string of the molecule is Cc1ccc(C)c(N2C(=O)c3ccc(C(=O)NC(C)(C)c4noc(C)n4)cc3C2=O)c1. The molecule has 1 aromatic heterocycles. The van der Waals surface area contributed by atoms with E-state index in [1.807, 2.05) is 26.0 Å². The van der Waals surface area contributed by atoms with E-state index in [0.29, 0.717) is 17.4 Å². The summed E-state index contributed by atoms with van der Waals surface area (Å²) in [7, 11) is 0. The Balaban J connectivity index is 1.64. The monoisotopic (exact) mass is 418 g/mol. The molecule has 0 saturated carbocycles. The predicted molar refractivity (Wildman–Crippen MR) is 113 cm³/mol. The lowest BCUT2D eigenvalue weighted by molar-refractivity contribution is 0.0903. The first kappa shape index (κ1) is 20.5. The maximum absolute atomic E-state index is 13.1. The fourth-order valence-corrected chi connectivity index (χ4v) is 3.53. The highest BCUT2D eigenvalue weighted by molar-refractivity contribution is 6.35. The molecule has 31 heavy (non-hydrogen) atoms. The number of hydrogen-bond acceptors (Lipinski definition) is 6. The Bertz CT molecular complexity index is 1240. The highest BCUT2D eigenvalue weighted by Crippen LogP contribution is 2.32. The van der Waals surface area contributed by atoms with Crippen LogP contribution in [0.1, 0.15) is 67.8 Å². The fourth-order valence-electron chi connectivity index (χ4n) is 3.53. The Morgan fingerprint density at radius 2 is 1.71 bits per heavy atom. The van der Waals surface area contributed by atoms with E-state index in [1.54, 1.807) is 26.8 Å². The van der Waals surface area contributed by atoms with Gasteiger partial charge in [0.15, 0.2) is 5.82 Å². The van der Waals surface area contributed by atoms with Crippen LogP contribution in [-0.4, -0.2) is 27.9 Å². The van der Waals surface area contributed by atoms with Gasteiger partial charge in [0, 0.05) is 12.5 Å². The fraction of sp³-hybridized carbons (Fsp3) is 0.261. The minimum atomic E-state index is -0.890. The van der Waals surface area contributed by atoms with Crippen molar-refractivity contribution in [3.8, 4) is 0 Å². The quantitative estimate of drug-likeness (QED) is 0.651. The molecule has 158 valence electrons. The van der Waals surface area contributed by atoms with Crippen LogP contribution < -0.4 is 10.2 Å². The zero-order valence-corrected chi connectivity index (χ0v) is 17.9. The van der Waals surface area contributed by atoms with Crippen LogP contribution >= 0.6 is 0 Å². The molecule has 0 aliphatic carbocycles. The van der Waals surface area contributed by atoms with E-state index in [1.165, 1.54) is 23.1 Å². The maximum atomic E-state index is 13.1. The number of amides is 3. The van der Waals surface area contributed by atoms with E-state index in [0.717, 1.165) is 11.1 Å². The largest absolute Gasteiger partial charge is 0.340 e. The average Bonchev–Trinajstić information content (AvgIpc) is 3.26. The number of hydrogen-bond donors (Lipinski definition) is 1. The summed E-state index contributed by atoms with van der Waals surface area (Å²) in [4.78, 5) is 44.3. The topological polar surface area (TPSA) is 105 Å². The standard InChI is InChI=1S/C23H22N4O4/c1-12-6-7-13(2)18(10-12)27-20(29)16-9-8-15(11-17(16)21(27)30)19(28)25-23(4,5)22-24-14(3)31-26-22/h6-11H,1-5H3,(H,25,28). The molecule has 0 bridgehead atoms. The van der Waals surface area contributed by atoms with Gasteiger partial charge in [-0.15, -0.1) is 0 Å². The minimum Gasteiger partial charge on any atom is -0.340 e. The molecular weight excluding hydrogens is 396 g/mol. The highest BCUT2D eigenvalue weighted by atomic mass is 16.5. The summed E-state index contributed by atoms with van der Waals surface area (Å²) in [6, 6.07) is 10.1. The predicted octanol–water partition coefficient (Wildman–Crippen LogP) is 3.46. The Labute approximate surface area is 179 Å². The van der Waals surface area contributed by atoms with Crippen molar-refractivity contribution in [3.05, 3.63) is 75.9 Å². The van der Waals surface area contributed by atoms with Crippen LogP contribution in [0.4, 0.5) is 5.69 Å². The van der Waals surface area contributed by atoms with Gasteiger partial charge in [-0.3, -0.25) is 14.4 Å². The molecule has 1 aliphatic heterocycles. The number of imide groups is 1. The lowest BCUT2D eigenvalue weighted by atomic mass is 10.0. The van der Waals surface area contributed by atoms with Gasteiger partial charge in [-0.2, -0.15) is 4.98 Å². The third-order valence-corrected chi connectivity index (χ3v) is 5.27. The number of nitrogens with one attached hydrogen (secondary N) is 1. The lowest BCUT2D eigenvalue weighted by Gasteiger charge is -2.22. The van der Waals surface area contributed by atoms with Crippen LogP contribution in [0, 0.1) is 20.8 Å². The Kier molecular flexibility index (Phi) is 4.72. The number of aromatic nitrogens is 2. The number of carbonyl (C=O) groups excluding carboxylic acids is 3. The van der Waals surface area contributed by atoms with Crippen LogP contribution in [-0.2, 0) is 5.54 Å². The molecule has 0 saturated heterocycles. The minimum absolute atomic E-state index is 0.201. The molecular formula is C23H22N4O4. The molecule has 1 aliphatic rings. The molecule has 8 nitrogen and oxygen atoms in total. The van der Waals surface area contributed by atoms with Crippen molar-refractivity contribution in [1.82, 2.24) is 15.5 Å². The second-order valence-corrected chi connectivity index (χ2v) is 8.21. The van der Waals surface area contributed by atoms with Gasteiger partial charge >= 0.3 is 0 Å². The summed E-state index contributed by atoms with van der Waals surface area (Å²) in [5, 5.41) is 6.71. The van der Waals surface area contributed by atoms with E-state index >= 15 is 0 Å². The molecule has 1 N–H and O–H groups in total. The molecule has 0 radical (unpaired) electrons. The van der Waals surface area contributed by atoms with Crippen LogP contribution in [0.3, 0.4) is 0 Å². The summed E-state index contributed by atoms with van der Waals surface area (Å²) in [6.07, 6.45) is 0. The van der Waals surface area contributed by atoms with Crippen molar-refractivity contribution in [3.63, 3.8) is 0 Å². The van der Waals surface area contributed by atoms with Gasteiger partial charge in [0.25, 0.3) is 17.7 Å². The third-order valence-electron chi connectivity index (χ3n) is 5.27. The molecule has 4 rings (SSSR count). The zero-order chi connectivity index (χ0) is 22.5. The molecule has 8 heteroatoms. The molecule has 0 atom stereocenters. The lowest BCUT2D eigenvalue weighted by Crippen LogP contribution is -2.42. The van der Waals surface area contributed by atoms with Crippen LogP contribution in [0.5, 0.6) is 0 Å². The summed E-state index contributed by atoms with van der Waals surface area (Å²) < 4.78 is 5.00. The van der Waals surface area contributed by atoms with Crippen molar-refractivity contribution < 1.29 is 18.9 Å². The molecule has 2 aromatic carbocycles. The number of fused-ring (bicyclic) bond motifs is 1. The number of rotatable bonds is 4. The normalized spacial score (nSPS) is 13.5. The summed E-state index contributed by atoms with van der Waals surface area (Å²) in [5.41, 5.74) is 2.15. The maximum Gasteiger partial charge on any atom is 0.266 e. The van der Waals surface area contributed by atoms with Crippen molar-refractivity contribution in [1.29, 1.82) is 0 Å². The summed E-state index contributed by atoms with van der Waals surface area (Å²) in [6.45, 7) is 8.91. The highest BCUT2D eigenvalue weighted by Gasteiger charge is 2.38. The Morgan fingerprint density at radius 3 is 2.39 bits per heavy atom. The Morgan fingerprint density at radius 1 is 1.00 bits per heavy atom. The number of nitrogens with zero attached hydrogens (tertiary/aromatic N) is 3. The third kappa shape index (κ3) is 3.50. The first-order chi connectivity index (χ1) is 14.6. The van der Waals surface area contributed by atoms with Gasteiger partial charge < -0.3 is 9.84 Å². The van der Waals surface area contributed by atoms with Crippen LogP contribution in [0.15, 0.2) is 40.9 Å². The molecule has 0 unspecified atom stereocenters. The molecule has 0 fully saturated rings. The van der Waals surface area contributed by atoms with Crippen LogP contribution in [0.2, 0.25) is 0 Å². The van der Waals surface area contributed by atoms with Crippen molar-refractivity contribution >= 4 is 23.4 Å². The second kappa shape index (κ2) is 7.16. The van der Waals surface area contributed by atoms with E-state index in [9.17, 15) is 14.4 Å². The molecule has 0 spiro atoms. The van der Waals surface area contributed by atoms with E-state index in [2.05, 4.69) is 15.5 Å². The van der Waals surface area contributed by atoms with Gasteiger partial charge in [-0.1, -0.05) is 17.3 Å². The summed E-state index contributed by atoms with van der Waals surface area (Å²) in [5.74, 6) is -0.530. The van der Waals surface area contributed by atoms with Gasteiger partial charge in [-0.25, -0.2) is 4.90 Å². The number of anilines is 1. The van der Waals surface area contributed by atoms with Crippen LogP contribution in [0.25, 0.3) is 0 Å². The van der Waals surface area contributed by atoms with Gasteiger partial charge in [0.2, 0.25) is 5.89 Å². The van der Waals surface area contributed by atoms with Gasteiger partial charge in [-0.05, 0) is 63.1 Å². The van der Waals surface area contributed by atoms with E-state index < -0.39 is 23.3 Å². The van der Waals surface area contributed by atoms with Crippen molar-refractivity contribution in [2.75, 3.05) is 4.90 Å².